The van der Waals surface area contributed by atoms with Crippen LogP contribution < -0.4 is 9.47 Å². The zero-order valence-electron chi connectivity index (χ0n) is 17.5. The molecule has 30 heavy (non-hydrogen) atoms. The first-order valence-corrected chi connectivity index (χ1v) is 11.3. The van der Waals surface area contributed by atoms with Crippen LogP contribution in [0.4, 0.5) is 16.5 Å². The second kappa shape index (κ2) is 14.4. The summed E-state index contributed by atoms with van der Waals surface area (Å²) < 4.78 is 16.9. The van der Waals surface area contributed by atoms with Crippen LogP contribution in [0, 0.1) is 6.92 Å². The minimum atomic E-state index is 0.653. The average molecular weight is 458 g/mol. The smallest absolute Gasteiger partial charge is 0.383 e. The Balaban J connectivity index is 2.02. The molecular formula is C19H29N4O5S2+. The molecule has 1 aromatic carbocycles. The highest BCUT2D eigenvalue weighted by Gasteiger charge is 2.13. The number of ether oxygens (including phenoxy) is 2. The van der Waals surface area contributed by atoms with Gasteiger partial charge in [-0.1, -0.05) is 5.04 Å². The van der Waals surface area contributed by atoms with Gasteiger partial charge in [-0.15, -0.1) is 4.33 Å². The van der Waals surface area contributed by atoms with Gasteiger partial charge in [0, 0.05) is 56.2 Å². The molecule has 0 saturated heterocycles. The zero-order chi connectivity index (χ0) is 21.6. The standard InChI is InChI=1S/C19H28N4O5S2/c1-16-15-17(22(8-11-25-2)9-12-26-3)5-6-18(16)20-21-19-23(10-14-29-19)7-4-13-30-28-27-24/h5-6,10,14-15H,4,7-9,11-13H2,1-3H3/p+1. The predicted molar refractivity (Wildman–Crippen MR) is 118 cm³/mol. The van der Waals surface area contributed by atoms with Crippen molar-refractivity contribution in [1.29, 1.82) is 0 Å². The van der Waals surface area contributed by atoms with E-state index in [-0.39, 0.29) is 0 Å². The number of aromatic nitrogens is 1. The zero-order valence-corrected chi connectivity index (χ0v) is 19.2. The SMILES string of the molecule is COCCN(CCOC)c1ccc(N=Nc2scc[n+]2CCCSOOO)c(C)c1. The van der Waals surface area contributed by atoms with E-state index in [4.69, 9.17) is 14.7 Å². The molecule has 1 heterocycles. The molecule has 9 nitrogen and oxygen atoms in total. The number of azo groups is 1. The molecular weight excluding hydrogens is 428 g/mol. The Kier molecular flexibility index (Phi) is 11.9. The minimum Gasteiger partial charge on any atom is -0.383 e. The molecule has 1 aromatic heterocycles. The molecule has 0 aliphatic carbocycles. The average Bonchev–Trinajstić information content (AvgIpc) is 3.20. The maximum absolute atomic E-state index is 8.13. The van der Waals surface area contributed by atoms with Gasteiger partial charge in [-0.05, 0) is 53.6 Å². The van der Waals surface area contributed by atoms with Gasteiger partial charge in [-0.25, -0.2) is 9.82 Å². The molecule has 0 atom stereocenters. The van der Waals surface area contributed by atoms with Crippen LogP contribution in [0.25, 0.3) is 0 Å². The Labute approximate surface area is 185 Å². The van der Waals surface area contributed by atoms with E-state index in [0.717, 1.165) is 60.2 Å². The Morgan fingerprint density at radius 1 is 1.17 bits per heavy atom. The van der Waals surface area contributed by atoms with Crippen molar-refractivity contribution in [2.45, 2.75) is 19.9 Å². The molecule has 0 aliphatic heterocycles. The van der Waals surface area contributed by atoms with Gasteiger partial charge in [0.15, 0.2) is 0 Å². The number of hydrogen-bond donors (Lipinski definition) is 1. The molecule has 11 heteroatoms. The highest BCUT2D eigenvalue weighted by molar-refractivity contribution is 7.94. The molecule has 0 bridgehead atoms. The Morgan fingerprint density at radius 2 is 1.93 bits per heavy atom. The fourth-order valence-corrected chi connectivity index (χ4v) is 3.78. The van der Waals surface area contributed by atoms with Gasteiger partial charge in [0.1, 0.15) is 11.9 Å². The van der Waals surface area contributed by atoms with E-state index in [2.05, 4.69) is 36.6 Å². The van der Waals surface area contributed by atoms with Crippen molar-refractivity contribution < 1.29 is 28.7 Å². The van der Waals surface area contributed by atoms with Gasteiger partial charge in [0.05, 0.1) is 24.9 Å². The van der Waals surface area contributed by atoms with Crippen LogP contribution in [0.1, 0.15) is 12.0 Å². The predicted octanol–water partition coefficient (Wildman–Crippen LogP) is 4.32. The topological polar surface area (TPSA) is 89.0 Å². The minimum absolute atomic E-state index is 0.653. The van der Waals surface area contributed by atoms with Gasteiger partial charge in [0.25, 0.3) is 0 Å². The van der Waals surface area contributed by atoms with E-state index in [1.54, 1.807) is 14.2 Å². The van der Waals surface area contributed by atoms with E-state index >= 15 is 0 Å². The lowest BCUT2D eigenvalue weighted by molar-refractivity contribution is -0.680. The first-order chi connectivity index (χ1) is 14.7. The van der Waals surface area contributed by atoms with Crippen LogP contribution in [0.3, 0.4) is 0 Å². The first-order valence-electron chi connectivity index (χ1n) is 9.51. The van der Waals surface area contributed by atoms with E-state index in [0.29, 0.717) is 19.0 Å². The summed E-state index contributed by atoms with van der Waals surface area (Å²) in [5.41, 5.74) is 3.00. The number of hydrogen-bond acceptors (Lipinski definition) is 10. The van der Waals surface area contributed by atoms with E-state index in [1.807, 2.05) is 29.1 Å². The molecule has 0 aliphatic rings. The third kappa shape index (κ3) is 8.26. The van der Waals surface area contributed by atoms with Gasteiger partial charge in [-0.2, -0.15) is 0 Å². The van der Waals surface area contributed by atoms with Gasteiger partial charge >= 0.3 is 5.13 Å². The van der Waals surface area contributed by atoms with Crippen LogP contribution in [-0.2, 0) is 25.4 Å². The maximum atomic E-state index is 8.13. The summed E-state index contributed by atoms with van der Waals surface area (Å²) in [4.78, 5) is 2.23. The second-order valence-electron chi connectivity index (χ2n) is 6.34. The van der Waals surface area contributed by atoms with Crippen LogP contribution in [-0.4, -0.2) is 51.5 Å². The fraction of sp³-hybridized carbons (Fsp3) is 0.526. The summed E-state index contributed by atoms with van der Waals surface area (Å²) in [5.74, 6) is 0.684. The molecule has 2 aromatic rings. The summed E-state index contributed by atoms with van der Waals surface area (Å²) in [5, 5.41) is 23.4. The molecule has 0 saturated carbocycles. The number of thiazole rings is 1. The summed E-state index contributed by atoms with van der Waals surface area (Å²) >= 11 is 2.58. The lowest BCUT2D eigenvalue weighted by Crippen LogP contribution is -2.31. The van der Waals surface area contributed by atoms with Crippen molar-refractivity contribution in [1.82, 2.24) is 0 Å². The summed E-state index contributed by atoms with van der Waals surface area (Å²) in [6, 6.07) is 6.15. The third-order valence-electron chi connectivity index (χ3n) is 4.28. The molecule has 1 N–H and O–H groups in total. The van der Waals surface area contributed by atoms with Gasteiger partial charge in [-0.3, -0.25) is 0 Å². The van der Waals surface area contributed by atoms with Gasteiger partial charge < -0.3 is 14.4 Å². The lowest BCUT2D eigenvalue weighted by atomic mass is 10.1. The first kappa shape index (κ1) is 24.7. The highest BCUT2D eigenvalue weighted by atomic mass is 32.2. The summed E-state index contributed by atoms with van der Waals surface area (Å²) in [6.45, 7) is 5.70. The molecule has 2 rings (SSSR count). The van der Waals surface area contributed by atoms with Crippen LogP contribution in [0.5, 0.6) is 0 Å². The van der Waals surface area contributed by atoms with Crippen LogP contribution in [0.2, 0.25) is 0 Å². The van der Waals surface area contributed by atoms with E-state index in [1.165, 1.54) is 11.3 Å². The van der Waals surface area contributed by atoms with Crippen molar-refractivity contribution in [2.75, 3.05) is 51.2 Å². The molecule has 166 valence electrons. The van der Waals surface area contributed by atoms with Crippen molar-refractivity contribution in [3.63, 3.8) is 0 Å². The van der Waals surface area contributed by atoms with Crippen LogP contribution in [0.15, 0.2) is 40.0 Å². The van der Waals surface area contributed by atoms with Gasteiger partial charge in [0.2, 0.25) is 0 Å². The normalized spacial score (nSPS) is 11.5. The Bertz CT molecular complexity index is 767. The number of methoxy groups -OCH3 is 2. The molecule has 0 radical (unpaired) electrons. The fourth-order valence-electron chi connectivity index (χ4n) is 2.71. The molecule has 0 fully saturated rings. The van der Waals surface area contributed by atoms with E-state index < -0.39 is 0 Å². The molecule has 0 spiro atoms. The quantitative estimate of drug-likeness (QED) is 0.106. The van der Waals surface area contributed by atoms with Crippen molar-refractivity contribution in [3.05, 3.63) is 35.3 Å². The largest absolute Gasteiger partial charge is 0.408 e. The third-order valence-corrected chi connectivity index (χ3v) is 5.68. The maximum Gasteiger partial charge on any atom is 0.408 e. The molecule has 0 unspecified atom stereocenters. The Hall–Kier alpha value is -1.60. The lowest BCUT2D eigenvalue weighted by Gasteiger charge is -2.24. The summed E-state index contributed by atoms with van der Waals surface area (Å²) in [7, 11) is 3.41. The number of anilines is 1. The Morgan fingerprint density at radius 3 is 2.60 bits per heavy atom. The monoisotopic (exact) mass is 457 g/mol. The second-order valence-corrected chi connectivity index (χ2v) is 7.99. The number of nitrogens with zero attached hydrogens (tertiary/aromatic N) is 4. The van der Waals surface area contributed by atoms with Crippen molar-refractivity contribution >= 4 is 39.9 Å². The van der Waals surface area contributed by atoms with E-state index in [9.17, 15) is 0 Å². The number of benzene rings is 1. The highest BCUT2D eigenvalue weighted by Crippen LogP contribution is 2.27. The number of aryl methyl sites for hydroxylation is 2. The van der Waals surface area contributed by atoms with Crippen LogP contribution >= 0.6 is 23.4 Å². The number of rotatable bonds is 15. The molecule has 0 amide bonds. The summed E-state index contributed by atoms with van der Waals surface area (Å²) in [6.07, 6.45) is 2.82. The van der Waals surface area contributed by atoms with Crippen molar-refractivity contribution in [3.8, 4) is 0 Å². The van der Waals surface area contributed by atoms with Crippen molar-refractivity contribution in [2.24, 2.45) is 10.2 Å².